The van der Waals surface area contributed by atoms with Gasteiger partial charge in [0.25, 0.3) is 0 Å². The molecule has 0 radical (unpaired) electrons. The first-order chi connectivity index (χ1) is 9.16. The number of aryl methyl sites for hydroxylation is 2. The highest BCUT2D eigenvalue weighted by atomic mass is 16.5. The largest absolute Gasteiger partial charge is 0.361 e. The molecule has 102 valence electrons. The average Bonchev–Trinajstić information content (AvgIpc) is 2.99. The number of nitrogens with one attached hydrogen (secondary N) is 2. The minimum Gasteiger partial charge on any atom is -0.361 e. The Kier molecular flexibility index (Phi) is 4.27. The van der Waals surface area contributed by atoms with Crippen molar-refractivity contribution in [3.05, 3.63) is 29.2 Å². The van der Waals surface area contributed by atoms with E-state index in [1.54, 1.807) is 0 Å². The lowest BCUT2D eigenvalue weighted by Gasteiger charge is -2.03. The van der Waals surface area contributed by atoms with Crippen molar-refractivity contribution < 1.29 is 9.32 Å². The maximum Gasteiger partial charge on any atom is 0.220 e. The molecule has 0 aliphatic rings. The maximum atomic E-state index is 11.7. The monoisotopic (exact) mass is 263 g/mol. The van der Waals surface area contributed by atoms with Crippen LogP contribution >= 0.6 is 0 Å². The van der Waals surface area contributed by atoms with Crippen molar-refractivity contribution in [3.8, 4) is 0 Å². The van der Waals surface area contributed by atoms with Gasteiger partial charge < -0.3 is 9.84 Å². The summed E-state index contributed by atoms with van der Waals surface area (Å²) in [6.07, 6.45) is 3.18. The van der Waals surface area contributed by atoms with E-state index in [1.165, 1.54) is 6.33 Å². The van der Waals surface area contributed by atoms with E-state index in [4.69, 9.17) is 4.52 Å². The zero-order valence-corrected chi connectivity index (χ0v) is 11.1. The second kappa shape index (κ2) is 6.12. The third-order valence-electron chi connectivity index (χ3n) is 2.93. The van der Waals surface area contributed by atoms with Gasteiger partial charge in [0.1, 0.15) is 17.9 Å². The summed E-state index contributed by atoms with van der Waals surface area (Å²) in [5, 5.41) is 13.2. The number of hydrogen-bond acceptors (Lipinski definition) is 5. The summed E-state index contributed by atoms with van der Waals surface area (Å²) in [7, 11) is 0. The van der Waals surface area contributed by atoms with Gasteiger partial charge in [-0.05, 0) is 20.3 Å². The summed E-state index contributed by atoms with van der Waals surface area (Å²) in [5.41, 5.74) is 1.87. The number of carbonyl (C=O) groups excluding carboxylic acids is 1. The van der Waals surface area contributed by atoms with Crippen molar-refractivity contribution in [3.63, 3.8) is 0 Å². The van der Waals surface area contributed by atoms with Crippen LogP contribution in [-0.4, -0.2) is 32.8 Å². The van der Waals surface area contributed by atoms with Gasteiger partial charge in [0.2, 0.25) is 5.91 Å². The summed E-state index contributed by atoms with van der Waals surface area (Å²) >= 11 is 0. The van der Waals surface area contributed by atoms with Gasteiger partial charge >= 0.3 is 0 Å². The molecule has 2 heterocycles. The summed E-state index contributed by atoms with van der Waals surface area (Å²) in [5.74, 6) is 1.57. The molecule has 0 aliphatic carbocycles. The number of amides is 1. The Labute approximate surface area is 110 Å². The molecule has 0 unspecified atom stereocenters. The second-order valence-corrected chi connectivity index (χ2v) is 4.33. The fraction of sp³-hybridized carbons (Fsp3) is 0.500. The van der Waals surface area contributed by atoms with Crippen molar-refractivity contribution in [2.45, 2.75) is 33.1 Å². The molecule has 7 nitrogen and oxygen atoms in total. The van der Waals surface area contributed by atoms with E-state index in [1.807, 2.05) is 13.8 Å². The van der Waals surface area contributed by atoms with Gasteiger partial charge in [-0.1, -0.05) is 5.16 Å². The van der Waals surface area contributed by atoms with Crippen LogP contribution in [0.15, 0.2) is 10.9 Å². The van der Waals surface area contributed by atoms with Gasteiger partial charge in [0, 0.05) is 24.9 Å². The number of hydrogen-bond donors (Lipinski definition) is 2. The van der Waals surface area contributed by atoms with Crippen molar-refractivity contribution in [2.24, 2.45) is 0 Å². The minimum absolute atomic E-state index is 0.0134. The topological polar surface area (TPSA) is 96.7 Å². The van der Waals surface area contributed by atoms with Crippen LogP contribution in [0, 0.1) is 13.8 Å². The molecular formula is C12H17N5O2. The van der Waals surface area contributed by atoms with Crippen LogP contribution in [0.3, 0.4) is 0 Å². The maximum absolute atomic E-state index is 11.7. The molecule has 0 bridgehead atoms. The third-order valence-corrected chi connectivity index (χ3v) is 2.93. The highest BCUT2D eigenvalue weighted by molar-refractivity contribution is 5.76. The van der Waals surface area contributed by atoms with Gasteiger partial charge in [0.15, 0.2) is 0 Å². The lowest BCUT2D eigenvalue weighted by molar-refractivity contribution is -0.121. The molecule has 0 fully saturated rings. The van der Waals surface area contributed by atoms with E-state index in [9.17, 15) is 4.79 Å². The van der Waals surface area contributed by atoms with Crippen LogP contribution in [0.2, 0.25) is 0 Å². The van der Waals surface area contributed by atoms with Crippen LogP contribution in [0.25, 0.3) is 0 Å². The molecule has 0 aromatic carbocycles. The first kappa shape index (κ1) is 13.3. The Morgan fingerprint density at radius 1 is 1.42 bits per heavy atom. The molecule has 0 saturated heterocycles. The van der Waals surface area contributed by atoms with Gasteiger partial charge in [-0.15, -0.1) is 0 Å². The summed E-state index contributed by atoms with van der Waals surface area (Å²) in [4.78, 5) is 15.7. The Hall–Kier alpha value is -2.18. The molecule has 2 N–H and O–H groups in total. The van der Waals surface area contributed by atoms with Gasteiger partial charge in [-0.2, -0.15) is 5.10 Å². The van der Waals surface area contributed by atoms with Crippen molar-refractivity contribution in [1.82, 2.24) is 25.7 Å². The van der Waals surface area contributed by atoms with E-state index < -0.39 is 0 Å². The molecule has 2 rings (SSSR count). The number of aromatic nitrogens is 4. The van der Waals surface area contributed by atoms with Crippen LogP contribution in [-0.2, 0) is 17.6 Å². The van der Waals surface area contributed by atoms with Gasteiger partial charge in [-0.25, -0.2) is 4.98 Å². The van der Waals surface area contributed by atoms with Gasteiger partial charge in [-0.3, -0.25) is 9.89 Å². The second-order valence-electron chi connectivity index (χ2n) is 4.33. The number of aromatic amines is 1. The van der Waals surface area contributed by atoms with E-state index in [0.717, 1.165) is 22.8 Å². The number of carbonyl (C=O) groups is 1. The van der Waals surface area contributed by atoms with E-state index in [-0.39, 0.29) is 5.91 Å². The van der Waals surface area contributed by atoms with Crippen molar-refractivity contribution in [2.75, 3.05) is 6.54 Å². The number of rotatable bonds is 6. The number of nitrogens with zero attached hydrogens (tertiary/aromatic N) is 3. The average molecular weight is 263 g/mol. The van der Waals surface area contributed by atoms with Crippen molar-refractivity contribution in [1.29, 1.82) is 0 Å². The normalized spacial score (nSPS) is 10.6. The molecule has 0 aliphatic heterocycles. The zero-order valence-electron chi connectivity index (χ0n) is 11.1. The Morgan fingerprint density at radius 3 is 2.89 bits per heavy atom. The summed E-state index contributed by atoms with van der Waals surface area (Å²) < 4.78 is 5.06. The molecule has 2 aromatic rings. The fourth-order valence-electron chi connectivity index (χ4n) is 1.86. The Balaban J connectivity index is 1.70. The molecule has 0 spiro atoms. The van der Waals surface area contributed by atoms with Crippen LogP contribution in [0.4, 0.5) is 0 Å². The summed E-state index contributed by atoms with van der Waals surface area (Å²) in [6, 6.07) is 0. The van der Waals surface area contributed by atoms with Crippen LogP contribution in [0.5, 0.6) is 0 Å². The lowest BCUT2D eigenvalue weighted by atomic mass is 10.1. The van der Waals surface area contributed by atoms with Crippen LogP contribution in [0.1, 0.15) is 29.3 Å². The van der Waals surface area contributed by atoms with Gasteiger partial charge in [0.05, 0.1) is 5.69 Å². The molecule has 7 heteroatoms. The number of H-pyrrole nitrogens is 1. The first-order valence-electron chi connectivity index (χ1n) is 6.19. The lowest BCUT2D eigenvalue weighted by Crippen LogP contribution is -2.26. The van der Waals surface area contributed by atoms with Crippen LogP contribution < -0.4 is 5.32 Å². The standard InChI is InChI=1S/C12H17N5O2/c1-8-10(9(2)19-17-8)3-4-12(18)13-6-5-11-14-7-15-16-11/h7H,3-6H2,1-2H3,(H,13,18)(H,14,15,16). The van der Waals surface area contributed by atoms with Crippen molar-refractivity contribution >= 4 is 5.91 Å². The Bertz CT molecular complexity index is 513. The predicted octanol–water partition coefficient (Wildman–Crippen LogP) is 0.701. The highest BCUT2D eigenvalue weighted by Gasteiger charge is 2.10. The minimum atomic E-state index is 0.0134. The predicted molar refractivity (Wildman–Crippen MR) is 67.4 cm³/mol. The highest BCUT2D eigenvalue weighted by Crippen LogP contribution is 2.13. The molecule has 2 aromatic heterocycles. The summed E-state index contributed by atoms with van der Waals surface area (Å²) in [6.45, 7) is 4.29. The Morgan fingerprint density at radius 2 is 2.26 bits per heavy atom. The molecular weight excluding hydrogens is 246 g/mol. The first-order valence-corrected chi connectivity index (χ1v) is 6.19. The molecule has 0 saturated carbocycles. The molecule has 19 heavy (non-hydrogen) atoms. The SMILES string of the molecule is Cc1noc(C)c1CCC(=O)NCCc1ncn[nH]1. The quantitative estimate of drug-likeness (QED) is 0.799. The molecule has 1 amide bonds. The molecule has 0 atom stereocenters. The smallest absolute Gasteiger partial charge is 0.220 e. The van der Waals surface area contributed by atoms with E-state index in [0.29, 0.717) is 25.8 Å². The zero-order chi connectivity index (χ0) is 13.7. The fourth-order valence-corrected chi connectivity index (χ4v) is 1.86. The van der Waals surface area contributed by atoms with E-state index in [2.05, 4.69) is 25.7 Å². The van der Waals surface area contributed by atoms with E-state index >= 15 is 0 Å². The third kappa shape index (κ3) is 3.64.